The molecule has 76 valence electrons. The fourth-order valence-corrected chi connectivity index (χ4v) is 1.61. The van der Waals surface area contributed by atoms with Crippen LogP contribution < -0.4 is 5.32 Å². The summed E-state index contributed by atoms with van der Waals surface area (Å²) in [5.41, 5.74) is 0. The van der Waals surface area contributed by atoms with Crippen LogP contribution in [0.25, 0.3) is 0 Å². The van der Waals surface area contributed by atoms with Gasteiger partial charge in [0, 0.05) is 6.04 Å². The van der Waals surface area contributed by atoms with Crippen LogP contribution >= 0.6 is 0 Å². The van der Waals surface area contributed by atoms with Crippen molar-refractivity contribution in [2.24, 2.45) is 0 Å². The minimum Gasteiger partial charge on any atom is -0.453 e. The SMILES string of the molecule is COC(=O)NC1CCCN(C)CC1. The Labute approximate surface area is 79.2 Å². The summed E-state index contributed by atoms with van der Waals surface area (Å²) in [5.74, 6) is 0. The van der Waals surface area contributed by atoms with E-state index in [9.17, 15) is 4.79 Å². The molecule has 1 rings (SSSR count). The van der Waals surface area contributed by atoms with Crippen molar-refractivity contribution >= 4 is 6.09 Å². The van der Waals surface area contributed by atoms with Gasteiger partial charge in [0.25, 0.3) is 0 Å². The summed E-state index contributed by atoms with van der Waals surface area (Å²) in [7, 11) is 3.51. The molecule has 1 amide bonds. The highest BCUT2D eigenvalue weighted by Gasteiger charge is 2.16. The third-order valence-electron chi connectivity index (χ3n) is 2.46. The van der Waals surface area contributed by atoms with Gasteiger partial charge in [0.15, 0.2) is 0 Å². The average Bonchev–Trinajstić information content (AvgIpc) is 2.31. The van der Waals surface area contributed by atoms with Crippen LogP contribution in [0.3, 0.4) is 0 Å². The van der Waals surface area contributed by atoms with Gasteiger partial charge in [0.05, 0.1) is 7.11 Å². The Hall–Kier alpha value is -0.770. The monoisotopic (exact) mass is 186 g/mol. The molecule has 0 spiro atoms. The molecule has 4 nitrogen and oxygen atoms in total. The van der Waals surface area contributed by atoms with Crippen molar-refractivity contribution in [2.45, 2.75) is 25.3 Å². The van der Waals surface area contributed by atoms with E-state index in [2.05, 4.69) is 22.0 Å². The molecule has 1 fully saturated rings. The van der Waals surface area contributed by atoms with Gasteiger partial charge in [-0.3, -0.25) is 0 Å². The molecule has 1 heterocycles. The maximum Gasteiger partial charge on any atom is 0.407 e. The molecule has 1 unspecified atom stereocenters. The van der Waals surface area contributed by atoms with Crippen molar-refractivity contribution in [1.82, 2.24) is 10.2 Å². The molecular formula is C9H18N2O2. The number of carbonyl (C=O) groups is 1. The fourth-order valence-electron chi connectivity index (χ4n) is 1.61. The normalized spacial score (nSPS) is 24.9. The Morgan fingerprint density at radius 1 is 1.46 bits per heavy atom. The van der Waals surface area contributed by atoms with Crippen molar-refractivity contribution in [3.63, 3.8) is 0 Å². The van der Waals surface area contributed by atoms with Crippen molar-refractivity contribution in [3.8, 4) is 0 Å². The highest BCUT2D eigenvalue weighted by atomic mass is 16.5. The molecule has 4 heteroatoms. The summed E-state index contributed by atoms with van der Waals surface area (Å²) in [6.07, 6.45) is 2.91. The summed E-state index contributed by atoms with van der Waals surface area (Å²) in [6, 6.07) is 0.289. The Balaban J connectivity index is 2.29. The van der Waals surface area contributed by atoms with Gasteiger partial charge in [-0.25, -0.2) is 4.79 Å². The van der Waals surface area contributed by atoms with Gasteiger partial charge >= 0.3 is 6.09 Å². The van der Waals surface area contributed by atoms with E-state index in [1.54, 1.807) is 0 Å². The lowest BCUT2D eigenvalue weighted by molar-refractivity contribution is 0.165. The second-order valence-electron chi connectivity index (χ2n) is 3.57. The van der Waals surface area contributed by atoms with Gasteiger partial charge in [-0.15, -0.1) is 0 Å². The number of nitrogens with one attached hydrogen (secondary N) is 1. The van der Waals surface area contributed by atoms with Gasteiger partial charge in [0.2, 0.25) is 0 Å². The zero-order valence-corrected chi connectivity index (χ0v) is 8.38. The van der Waals surface area contributed by atoms with Crippen molar-refractivity contribution in [2.75, 3.05) is 27.2 Å². The number of hydrogen-bond donors (Lipinski definition) is 1. The first-order valence-corrected chi connectivity index (χ1v) is 4.75. The van der Waals surface area contributed by atoms with Crippen molar-refractivity contribution in [3.05, 3.63) is 0 Å². The van der Waals surface area contributed by atoms with E-state index in [0.717, 1.165) is 32.4 Å². The molecule has 0 aromatic rings. The Kier molecular flexibility index (Phi) is 4.02. The molecule has 0 radical (unpaired) electrons. The van der Waals surface area contributed by atoms with Gasteiger partial charge in [0.1, 0.15) is 0 Å². The number of ether oxygens (including phenoxy) is 1. The van der Waals surface area contributed by atoms with Crippen LogP contribution in [0.4, 0.5) is 4.79 Å². The molecule has 0 aliphatic carbocycles. The molecule has 0 aromatic heterocycles. The third kappa shape index (κ3) is 3.63. The maximum absolute atomic E-state index is 10.9. The predicted molar refractivity (Wildman–Crippen MR) is 50.7 cm³/mol. The zero-order chi connectivity index (χ0) is 9.68. The van der Waals surface area contributed by atoms with Crippen molar-refractivity contribution < 1.29 is 9.53 Å². The van der Waals surface area contributed by atoms with Crippen LogP contribution in [-0.4, -0.2) is 44.3 Å². The number of rotatable bonds is 1. The number of alkyl carbamates (subject to hydrolysis) is 1. The number of nitrogens with zero attached hydrogens (tertiary/aromatic N) is 1. The first-order valence-electron chi connectivity index (χ1n) is 4.75. The largest absolute Gasteiger partial charge is 0.453 e. The number of likely N-dealkylation sites (tertiary alicyclic amines) is 1. The molecule has 13 heavy (non-hydrogen) atoms. The average molecular weight is 186 g/mol. The van der Waals surface area contributed by atoms with Gasteiger partial charge < -0.3 is 15.0 Å². The lowest BCUT2D eigenvalue weighted by Crippen LogP contribution is -2.35. The summed E-state index contributed by atoms with van der Waals surface area (Å²) < 4.78 is 4.56. The number of carbonyl (C=O) groups excluding carboxylic acids is 1. The second-order valence-corrected chi connectivity index (χ2v) is 3.57. The topological polar surface area (TPSA) is 41.6 Å². The third-order valence-corrected chi connectivity index (χ3v) is 2.46. The number of methoxy groups -OCH3 is 1. The molecule has 1 saturated heterocycles. The quantitative estimate of drug-likeness (QED) is 0.659. The molecule has 0 aromatic carbocycles. The lowest BCUT2D eigenvalue weighted by atomic mass is 10.1. The zero-order valence-electron chi connectivity index (χ0n) is 8.38. The summed E-state index contributed by atoms with van der Waals surface area (Å²) in [6.45, 7) is 2.17. The van der Waals surface area contributed by atoms with Crippen LogP contribution in [0.1, 0.15) is 19.3 Å². The van der Waals surface area contributed by atoms with Gasteiger partial charge in [-0.1, -0.05) is 0 Å². The molecule has 1 aliphatic rings. The molecule has 0 saturated carbocycles. The predicted octanol–water partition coefficient (Wildman–Crippen LogP) is 0.827. The first-order chi connectivity index (χ1) is 6.22. The van der Waals surface area contributed by atoms with E-state index in [1.807, 2.05) is 0 Å². The number of hydrogen-bond acceptors (Lipinski definition) is 3. The van der Waals surface area contributed by atoms with Crippen LogP contribution in [0.2, 0.25) is 0 Å². The molecule has 1 aliphatic heterocycles. The standard InChI is InChI=1S/C9H18N2O2/c1-11-6-3-4-8(5-7-11)10-9(12)13-2/h8H,3-7H2,1-2H3,(H,10,12). The highest BCUT2D eigenvalue weighted by molar-refractivity contribution is 5.67. The molecule has 1 N–H and O–H groups in total. The lowest BCUT2D eigenvalue weighted by Gasteiger charge is -2.15. The smallest absolute Gasteiger partial charge is 0.407 e. The van der Waals surface area contributed by atoms with Gasteiger partial charge in [-0.2, -0.15) is 0 Å². The van der Waals surface area contributed by atoms with Crippen LogP contribution in [0.5, 0.6) is 0 Å². The maximum atomic E-state index is 10.9. The minimum absolute atomic E-state index is 0.289. The molecular weight excluding hydrogens is 168 g/mol. The minimum atomic E-state index is -0.311. The molecule has 1 atom stereocenters. The second kappa shape index (κ2) is 5.07. The molecule has 0 bridgehead atoms. The van der Waals surface area contributed by atoms with E-state index >= 15 is 0 Å². The Morgan fingerprint density at radius 2 is 2.23 bits per heavy atom. The first kappa shape index (κ1) is 10.3. The van der Waals surface area contributed by atoms with E-state index in [1.165, 1.54) is 7.11 Å². The highest BCUT2D eigenvalue weighted by Crippen LogP contribution is 2.09. The Bertz CT molecular complexity index is 173. The summed E-state index contributed by atoms with van der Waals surface area (Å²) in [4.78, 5) is 13.2. The van der Waals surface area contributed by atoms with Crippen molar-refractivity contribution in [1.29, 1.82) is 0 Å². The van der Waals surface area contributed by atoms with E-state index in [0.29, 0.717) is 0 Å². The fraction of sp³-hybridized carbons (Fsp3) is 0.889. The van der Waals surface area contributed by atoms with E-state index in [4.69, 9.17) is 0 Å². The van der Waals surface area contributed by atoms with E-state index < -0.39 is 0 Å². The van der Waals surface area contributed by atoms with E-state index in [-0.39, 0.29) is 12.1 Å². The van der Waals surface area contributed by atoms with Crippen LogP contribution in [0.15, 0.2) is 0 Å². The summed E-state index contributed by atoms with van der Waals surface area (Å²) >= 11 is 0. The summed E-state index contributed by atoms with van der Waals surface area (Å²) in [5, 5.41) is 2.84. The van der Waals surface area contributed by atoms with Crippen LogP contribution in [-0.2, 0) is 4.74 Å². The van der Waals surface area contributed by atoms with Crippen LogP contribution in [0, 0.1) is 0 Å². The van der Waals surface area contributed by atoms with Gasteiger partial charge in [-0.05, 0) is 39.4 Å². The Morgan fingerprint density at radius 3 is 2.92 bits per heavy atom. The number of amides is 1.